The fourth-order valence-corrected chi connectivity index (χ4v) is 3.20. The SMILES string of the molecule is C[C@@H]1Cc2ccccc2N1C(=O)Cn1nnc(-c2ccc(N)cc2)n1. The van der Waals surface area contributed by atoms with Crippen LogP contribution in [0, 0.1) is 0 Å². The lowest BCUT2D eigenvalue weighted by molar-refractivity contribution is -0.119. The zero-order valence-electron chi connectivity index (χ0n) is 13.8. The Labute approximate surface area is 145 Å². The number of hydrogen-bond acceptors (Lipinski definition) is 5. The van der Waals surface area contributed by atoms with Gasteiger partial charge in [0.25, 0.3) is 5.91 Å². The number of fused-ring (bicyclic) bond motifs is 1. The predicted molar refractivity (Wildman–Crippen MR) is 94.8 cm³/mol. The molecule has 3 aromatic rings. The molecule has 126 valence electrons. The quantitative estimate of drug-likeness (QED) is 0.739. The predicted octanol–water partition coefficient (Wildman–Crippen LogP) is 1.90. The molecule has 1 atom stereocenters. The van der Waals surface area contributed by atoms with Crippen LogP contribution in [0.1, 0.15) is 12.5 Å². The number of aromatic nitrogens is 4. The van der Waals surface area contributed by atoms with Crippen LogP contribution >= 0.6 is 0 Å². The highest BCUT2D eigenvalue weighted by Gasteiger charge is 2.30. The lowest BCUT2D eigenvalue weighted by Gasteiger charge is -2.22. The van der Waals surface area contributed by atoms with Gasteiger partial charge in [-0.2, -0.15) is 4.80 Å². The molecule has 1 aliphatic heterocycles. The molecule has 0 unspecified atom stereocenters. The van der Waals surface area contributed by atoms with E-state index in [0.29, 0.717) is 11.5 Å². The zero-order chi connectivity index (χ0) is 17.4. The number of benzene rings is 2. The normalized spacial score (nSPS) is 16.0. The summed E-state index contributed by atoms with van der Waals surface area (Å²) in [6.45, 7) is 2.10. The van der Waals surface area contributed by atoms with Crippen molar-refractivity contribution in [3.05, 3.63) is 54.1 Å². The molecule has 1 aliphatic rings. The largest absolute Gasteiger partial charge is 0.399 e. The van der Waals surface area contributed by atoms with E-state index in [-0.39, 0.29) is 18.5 Å². The Bertz CT molecular complexity index is 917. The summed E-state index contributed by atoms with van der Waals surface area (Å²) in [6, 6.07) is 15.3. The lowest BCUT2D eigenvalue weighted by Crippen LogP contribution is -2.38. The molecule has 2 N–H and O–H groups in total. The van der Waals surface area contributed by atoms with E-state index in [9.17, 15) is 4.79 Å². The van der Waals surface area contributed by atoms with Crippen LogP contribution in [-0.2, 0) is 17.8 Å². The zero-order valence-corrected chi connectivity index (χ0v) is 13.8. The molecule has 1 aromatic heterocycles. The van der Waals surface area contributed by atoms with E-state index in [0.717, 1.165) is 17.7 Å². The Morgan fingerprint density at radius 2 is 1.96 bits per heavy atom. The molecule has 0 saturated heterocycles. The molecule has 0 bridgehead atoms. The second-order valence-corrected chi connectivity index (χ2v) is 6.21. The van der Waals surface area contributed by atoms with E-state index >= 15 is 0 Å². The summed E-state index contributed by atoms with van der Waals surface area (Å²) >= 11 is 0. The Kier molecular flexibility index (Phi) is 3.68. The molecule has 2 heterocycles. The van der Waals surface area contributed by atoms with Crippen molar-refractivity contribution >= 4 is 17.3 Å². The number of tetrazole rings is 1. The fraction of sp³-hybridized carbons (Fsp3) is 0.222. The van der Waals surface area contributed by atoms with Gasteiger partial charge in [-0.05, 0) is 54.5 Å². The van der Waals surface area contributed by atoms with E-state index in [2.05, 4.69) is 21.5 Å². The van der Waals surface area contributed by atoms with E-state index < -0.39 is 0 Å². The first-order valence-electron chi connectivity index (χ1n) is 8.15. The summed E-state index contributed by atoms with van der Waals surface area (Å²) in [5, 5.41) is 12.3. The third kappa shape index (κ3) is 2.84. The molecular formula is C18H18N6O. The molecule has 7 heteroatoms. The van der Waals surface area contributed by atoms with Crippen molar-refractivity contribution in [1.29, 1.82) is 0 Å². The highest BCUT2D eigenvalue weighted by Crippen LogP contribution is 2.31. The Morgan fingerprint density at radius 3 is 2.76 bits per heavy atom. The van der Waals surface area contributed by atoms with E-state index in [1.165, 1.54) is 10.4 Å². The van der Waals surface area contributed by atoms with Crippen LogP contribution in [0.4, 0.5) is 11.4 Å². The Morgan fingerprint density at radius 1 is 1.20 bits per heavy atom. The number of para-hydroxylation sites is 1. The number of nitrogens with zero attached hydrogens (tertiary/aromatic N) is 5. The van der Waals surface area contributed by atoms with Crippen LogP contribution < -0.4 is 10.6 Å². The molecule has 4 rings (SSSR count). The highest BCUT2D eigenvalue weighted by atomic mass is 16.2. The molecule has 7 nitrogen and oxygen atoms in total. The van der Waals surface area contributed by atoms with Crippen LogP contribution in [0.15, 0.2) is 48.5 Å². The molecule has 2 aromatic carbocycles. The third-order valence-corrected chi connectivity index (χ3v) is 4.37. The van der Waals surface area contributed by atoms with Crippen LogP contribution in [0.25, 0.3) is 11.4 Å². The van der Waals surface area contributed by atoms with Crippen molar-refractivity contribution in [3.8, 4) is 11.4 Å². The minimum atomic E-state index is -0.0429. The van der Waals surface area contributed by atoms with E-state index in [4.69, 9.17) is 5.73 Å². The van der Waals surface area contributed by atoms with E-state index in [1.807, 2.05) is 42.2 Å². The van der Waals surface area contributed by atoms with Crippen molar-refractivity contribution in [2.45, 2.75) is 25.9 Å². The first-order chi connectivity index (χ1) is 12.1. The molecule has 0 aliphatic carbocycles. The smallest absolute Gasteiger partial charge is 0.250 e. The average Bonchev–Trinajstić information content (AvgIpc) is 3.18. The van der Waals surface area contributed by atoms with Crippen molar-refractivity contribution in [2.24, 2.45) is 0 Å². The maximum atomic E-state index is 12.8. The summed E-state index contributed by atoms with van der Waals surface area (Å²) in [5.74, 6) is 0.432. The number of hydrogen-bond donors (Lipinski definition) is 1. The van der Waals surface area contributed by atoms with Crippen molar-refractivity contribution in [2.75, 3.05) is 10.6 Å². The third-order valence-electron chi connectivity index (χ3n) is 4.37. The fourth-order valence-electron chi connectivity index (χ4n) is 3.20. The topological polar surface area (TPSA) is 89.9 Å². The molecule has 1 amide bonds. The second kappa shape index (κ2) is 6.01. The maximum Gasteiger partial charge on any atom is 0.250 e. The number of rotatable bonds is 3. The standard InChI is InChI=1S/C18H18N6O/c1-12-10-14-4-2-3-5-16(14)24(12)17(25)11-23-21-18(20-22-23)13-6-8-15(19)9-7-13/h2-9,12H,10-11,19H2,1H3/t12-/m1/s1. The number of carbonyl (C=O) groups is 1. The molecule has 0 fully saturated rings. The second-order valence-electron chi connectivity index (χ2n) is 6.21. The summed E-state index contributed by atoms with van der Waals surface area (Å²) in [6.07, 6.45) is 0.864. The maximum absolute atomic E-state index is 12.8. The average molecular weight is 334 g/mol. The van der Waals surface area contributed by atoms with E-state index in [1.54, 1.807) is 12.1 Å². The molecular weight excluding hydrogens is 316 g/mol. The minimum absolute atomic E-state index is 0.0429. The number of nitrogen functional groups attached to an aromatic ring is 1. The van der Waals surface area contributed by atoms with Gasteiger partial charge >= 0.3 is 0 Å². The summed E-state index contributed by atoms with van der Waals surface area (Å²) < 4.78 is 0. The Hall–Kier alpha value is -3.22. The number of amides is 1. The van der Waals surface area contributed by atoms with Crippen molar-refractivity contribution in [1.82, 2.24) is 20.2 Å². The summed E-state index contributed by atoms with van der Waals surface area (Å²) in [5.41, 5.74) is 9.34. The summed E-state index contributed by atoms with van der Waals surface area (Å²) in [7, 11) is 0. The lowest BCUT2D eigenvalue weighted by atomic mass is 10.1. The number of carbonyl (C=O) groups excluding carboxylic acids is 1. The van der Waals surface area contributed by atoms with Crippen LogP contribution in [-0.4, -0.2) is 32.2 Å². The van der Waals surface area contributed by atoms with Gasteiger partial charge in [-0.15, -0.1) is 10.2 Å². The molecule has 0 spiro atoms. The van der Waals surface area contributed by atoms with Crippen LogP contribution in [0.5, 0.6) is 0 Å². The van der Waals surface area contributed by atoms with Gasteiger partial charge in [0.05, 0.1) is 0 Å². The first-order valence-corrected chi connectivity index (χ1v) is 8.15. The van der Waals surface area contributed by atoms with Crippen molar-refractivity contribution < 1.29 is 4.79 Å². The first kappa shape index (κ1) is 15.3. The minimum Gasteiger partial charge on any atom is -0.399 e. The Balaban J connectivity index is 1.53. The van der Waals surface area contributed by atoms with Gasteiger partial charge in [0.15, 0.2) is 0 Å². The van der Waals surface area contributed by atoms with Gasteiger partial charge in [-0.1, -0.05) is 18.2 Å². The molecule has 25 heavy (non-hydrogen) atoms. The van der Waals surface area contributed by atoms with Crippen LogP contribution in [0.2, 0.25) is 0 Å². The van der Waals surface area contributed by atoms with Gasteiger partial charge in [-0.3, -0.25) is 4.79 Å². The molecule has 0 radical (unpaired) electrons. The van der Waals surface area contributed by atoms with Gasteiger partial charge < -0.3 is 10.6 Å². The molecule has 0 saturated carbocycles. The number of anilines is 2. The van der Waals surface area contributed by atoms with Crippen molar-refractivity contribution in [3.63, 3.8) is 0 Å². The monoisotopic (exact) mass is 334 g/mol. The van der Waals surface area contributed by atoms with Gasteiger partial charge in [0.2, 0.25) is 5.82 Å². The van der Waals surface area contributed by atoms with Gasteiger partial charge in [-0.25, -0.2) is 0 Å². The number of nitrogens with two attached hydrogens (primary N) is 1. The highest BCUT2D eigenvalue weighted by molar-refractivity contribution is 5.95. The van der Waals surface area contributed by atoms with Gasteiger partial charge in [0, 0.05) is 23.0 Å². The van der Waals surface area contributed by atoms with Gasteiger partial charge in [0.1, 0.15) is 6.54 Å². The van der Waals surface area contributed by atoms with Crippen LogP contribution in [0.3, 0.4) is 0 Å². The summed E-state index contributed by atoms with van der Waals surface area (Å²) in [4.78, 5) is 15.9.